The lowest BCUT2D eigenvalue weighted by molar-refractivity contribution is -0.136. The standard InChI is InChI=1S/C17H25NO3/c1-5-14-8-6-7-13(4)17(14)18(10-9-16(20)21)15(19)11-12(2)3/h6-8,12H,5,9-11H2,1-4H3,(H,20,21). The molecule has 1 N–H and O–H groups in total. The number of hydrogen-bond donors (Lipinski definition) is 1. The van der Waals surface area contributed by atoms with Gasteiger partial charge in [-0.2, -0.15) is 0 Å². The van der Waals surface area contributed by atoms with Gasteiger partial charge in [0.1, 0.15) is 0 Å². The van der Waals surface area contributed by atoms with Crippen molar-refractivity contribution in [3.63, 3.8) is 0 Å². The molecular formula is C17H25NO3. The van der Waals surface area contributed by atoms with Crippen molar-refractivity contribution >= 4 is 17.6 Å². The van der Waals surface area contributed by atoms with Crippen molar-refractivity contribution in [1.29, 1.82) is 0 Å². The van der Waals surface area contributed by atoms with Gasteiger partial charge in [-0.3, -0.25) is 9.59 Å². The van der Waals surface area contributed by atoms with E-state index in [9.17, 15) is 9.59 Å². The van der Waals surface area contributed by atoms with Gasteiger partial charge in [0.2, 0.25) is 5.91 Å². The SMILES string of the molecule is CCc1cccc(C)c1N(CCC(=O)O)C(=O)CC(C)C. The Labute approximate surface area is 126 Å². The average molecular weight is 291 g/mol. The van der Waals surface area contributed by atoms with Gasteiger partial charge in [0.05, 0.1) is 6.42 Å². The number of anilines is 1. The first-order valence-electron chi connectivity index (χ1n) is 7.47. The smallest absolute Gasteiger partial charge is 0.305 e. The number of hydrogen-bond acceptors (Lipinski definition) is 2. The highest BCUT2D eigenvalue weighted by Crippen LogP contribution is 2.27. The molecular weight excluding hydrogens is 266 g/mol. The summed E-state index contributed by atoms with van der Waals surface area (Å²) in [5.74, 6) is -0.641. The quantitative estimate of drug-likeness (QED) is 0.837. The topological polar surface area (TPSA) is 57.6 Å². The van der Waals surface area contributed by atoms with Crippen molar-refractivity contribution in [2.75, 3.05) is 11.4 Å². The van der Waals surface area contributed by atoms with Crippen LogP contribution >= 0.6 is 0 Å². The van der Waals surface area contributed by atoms with Gasteiger partial charge in [-0.15, -0.1) is 0 Å². The zero-order valence-electron chi connectivity index (χ0n) is 13.3. The maximum Gasteiger partial charge on any atom is 0.305 e. The third kappa shape index (κ3) is 4.88. The van der Waals surface area contributed by atoms with E-state index in [1.165, 1.54) is 0 Å². The molecule has 0 aliphatic carbocycles. The molecule has 1 aromatic carbocycles. The highest BCUT2D eigenvalue weighted by molar-refractivity contribution is 5.95. The maximum absolute atomic E-state index is 12.5. The predicted molar refractivity (Wildman–Crippen MR) is 84.6 cm³/mol. The summed E-state index contributed by atoms with van der Waals surface area (Å²) in [5.41, 5.74) is 2.97. The molecule has 0 unspecified atom stereocenters. The van der Waals surface area contributed by atoms with Crippen LogP contribution in [-0.2, 0) is 16.0 Å². The van der Waals surface area contributed by atoms with Crippen LogP contribution < -0.4 is 4.90 Å². The lowest BCUT2D eigenvalue weighted by atomic mass is 10.0. The number of aryl methyl sites for hydroxylation is 2. The molecule has 4 heteroatoms. The summed E-state index contributed by atoms with van der Waals surface area (Å²) < 4.78 is 0. The van der Waals surface area contributed by atoms with Crippen LogP contribution in [0.25, 0.3) is 0 Å². The first-order chi connectivity index (χ1) is 9.86. The van der Waals surface area contributed by atoms with Crippen molar-refractivity contribution in [2.45, 2.75) is 47.0 Å². The minimum atomic E-state index is -0.885. The van der Waals surface area contributed by atoms with Crippen LogP contribution in [-0.4, -0.2) is 23.5 Å². The highest BCUT2D eigenvalue weighted by Gasteiger charge is 2.21. The fraction of sp³-hybridized carbons (Fsp3) is 0.529. The zero-order valence-corrected chi connectivity index (χ0v) is 13.3. The second-order valence-electron chi connectivity index (χ2n) is 5.72. The van der Waals surface area contributed by atoms with Crippen molar-refractivity contribution in [3.8, 4) is 0 Å². The van der Waals surface area contributed by atoms with E-state index < -0.39 is 5.97 Å². The lowest BCUT2D eigenvalue weighted by Crippen LogP contribution is -2.35. The van der Waals surface area contributed by atoms with Gasteiger partial charge in [-0.05, 0) is 30.4 Å². The molecule has 0 fully saturated rings. The summed E-state index contributed by atoms with van der Waals surface area (Å²) in [4.78, 5) is 25.1. The van der Waals surface area contributed by atoms with E-state index in [2.05, 4.69) is 0 Å². The molecule has 1 amide bonds. The molecule has 0 aliphatic heterocycles. The van der Waals surface area contributed by atoms with Crippen LogP contribution in [0.3, 0.4) is 0 Å². The van der Waals surface area contributed by atoms with Crippen molar-refractivity contribution < 1.29 is 14.7 Å². The molecule has 1 aromatic rings. The second-order valence-corrected chi connectivity index (χ2v) is 5.72. The van der Waals surface area contributed by atoms with Gasteiger partial charge in [-0.1, -0.05) is 39.0 Å². The normalized spacial score (nSPS) is 10.7. The van der Waals surface area contributed by atoms with Crippen LogP contribution in [0.1, 0.15) is 44.7 Å². The fourth-order valence-corrected chi connectivity index (χ4v) is 2.42. The third-order valence-corrected chi connectivity index (χ3v) is 3.41. The number of benzene rings is 1. The number of carboxylic acids is 1. The van der Waals surface area contributed by atoms with Crippen LogP contribution in [0, 0.1) is 12.8 Å². The number of amides is 1. The van der Waals surface area contributed by atoms with Gasteiger partial charge in [0, 0.05) is 18.7 Å². The second kappa shape index (κ2) is 7.81. The summed E-state index contributed by atoms with van der Waals surface area (Å²) in [6, 6.07) is 5.93. The zero-order chi connectivity index (χ0) is 16.0. The number of carboxylic acid groups (broad SMARTS) is 1. The van der Waals surface area contributed by atoms with Crippen molar-refractivity contribution in [3.05, 3.63) is 29.3 Å². The number of rotatable bonds is 7. The monoisotopic (exact) mass is 291 g/mol. The molecule has 21 heavy (non-hydrogen) atoms. The summed E-state index contributed by atoms with van der Waals surface area (Å²) >= 11 is 0. The van der Waals surface area contributed by atoms with E-state index in [1.807, 2.05) is 45.9 Å². The van der Waals surface area contributed by atoms with Gasteiger partial charge in [0.25, 0.3) is 0 Å². The fourth-order valence-electron chi connectivity index (χ4n) is 2.42. The van der Waals surface area contributed by atoms with Crippen LogP contribution in [0.15, 0.2) is 18.2 Å². The van der Waals surface area contributed by atoms with Gasteiger partial charge in [0.15, 0.2) is 0 Å². The number of nitrogens with zero attached hydrogens (tertiary/aromatic N) is 1. The molecule has 116 valence electrons. The van der Waals surface area contributed by atoms with Gasteiger partial charge in [-0.25, -0.2) is 0 Å². The minimum absolute atomic E-state index is 0.00440. The Kier molecular flexibility index (Phi) is 6.40. The van der Waals surface area contributed by atoms with Gasteiger partial charge >= 0.3 is 5.97 Å². The molecule has 0 saturated carbocycles. The summed E-state index contributed by atoms with van der Waals surface area (Å²) in [7, 11) is 0. The van der Waals surface area contributed by atoms with E-state index in [0.29, 0.717) is 6.42 Å². The highest BCUT2D eigenvalue weighted by atomic mass is 16.4. The van der Waals surface area contributed by atoms with E-state index >= 15 is 0 Å². The molecule has 0 atom stereocenters. The Morgan fingerprint density at radius 3 is 2.48 bits per heavy atom. The Balaban J connectivity index is 3.16. The van der Waals surface area contributed by atoms with Crippen LogP contribution in [0.4, 0.5) is 5.69 Å². The van der Waals surface area contributed by atoms with E-state index in [-0.39, 0.29) is 24.8 Å². The Bertz CT molecular complexity index is 509. The van der Waals surface area contributed by atoms with E-state index in [4.69, 9.17) is 5.11 Å². The molecule has 0 radical (unpaired) electrons. The minimum Gasteiger partial charge on any atom is -0.481 e. The summed E-state index contributed by atoms with van der Waals surface area (Å²) in [6.45, 7) is 8.21. The van der Waals surface area contributed by atoms with E-state index in [1.54, 1.807) is 4.90 Å². The Morgan fingerprint density at radius 1 is 1.29 bits per heavy atom. The molecule has 1 rings (SSSR count). The van der Waals surface area contributed by atoms with Gasteiger partial charge < -0.3 is 10.0 Å². The number of aliphatic carboxylic acids is 1. The Hall–Kier alpha value is -1.84. The molecule has 0 bridgehead atoms. The summed E-state index contributed by atoms with van der Waals surface area (Å²) in [5, 5.41) is 8.93. The maximum atomic E-state index is 12.5. The summed E-state index contributed by atoms with van der Waals surface area (Å²) in [6.07, 6.45) is 1.20. The first-order valence-corrected chi connectivity index (χ1v) is 7.47. The number of carbonyl (C=O) groups excluding carboxylic acids is 1. The van der Waals surface area contributed by atoms with E-state index in [0.717, 1.165) is 23.2 Å². The number of para-hydroxylation sites is 1. The van der Waals surface area contributed by atoms with Crippen LogP contribution in [0.2, 0.25) is 0 Å². The van der Waals surface area contributed by atoms with Crippen LogP contribution in [0.5, 0.6) is 0 Å². The first kappa shape index (κ1) is 17.2. The molecule has 0 heterocycles. The Morgan fingerprint density at radius 2 is 1.95 bits per heavy atom. The third-order valence-electron chi connectivity index (χ3n) is 3.41. The van der Waals surface area contributed by atoms with Crippen molar-refractivity contribution in [1.82, 2.24) is 0 Å². The predicted octanol–water partition coefficient (Wildman–Crippen LogP) is 3.41. The molecule has 0 saturated heterocycles. The average Bonchev–Trinajstić information content (AvgIpc) is 2.39. The lowest BCUT2D eigenvalue weighted by Gasteiger charge is -2.27. The van der Waals surface area contributed by atoms with Crippen molar-refractivity contribution in [2.24, 2.45) is 5.92 Å². The molecule has 0 aliphatic rings. The number of carbonyl (C=O) groups is 2. The molecule has 0 aromatic heterocycles. The molecule has 0 spiro atoms. The molecule has 4 nitrogen and oxygen atoms in total. The largest absolute Gasteiger partial charge is 0.481 e.